The van der Waals surface area contributed by atoms with E-state index < -0.39 is 5.97 Å². The Morgan fingerprint density at radius 2 is 2.05 bits per heavy atom. The molecule has 5 nitrogen and oxygen atoms in total. The van der Waals surface area contributed by atoms with Gasteiger partial charge in [-0.2, -0.15) is 4.98 Å². The number of carboxylic acid groups (broad SMARTS) is 1. The Kier molecular flexibility index (Phi) is 4.21. The molecule has 0 fully saturated rings. The Morgan fingerprint density at radius 3 is 2.67 bits per heavy atom. The van der Waals surface area contributed by atoms with E-state index in [0.717, 1.165) is 17.7 Å². The minimum atomic E-state index is -0.935. The van der Waals surface area contributed by atoms with E-state index in [4.69, 9.17) is 5.11 Å². The lowest BCUT2D eigenvalue weighted by atomic mass is 10.1. The molecule has 0 saturated heterocycles. The molecular formula is C16H18N2O3. The normalized spacial score (nSPS) is 10.6. The summed E-state index contributed by atoms with van der Waals surface area (Å²) in [5, 5.41) is 9.01. The monoisotopic (exact) mass is 286 g/mol. The van der Waals surface area contributed by atoms with Crippen LogP contribution in [-0.4, -0.2) is 20.6 Å². The van der Waals surface area contributed by atoms with Crippen molar-refractivity contribution in [2.75, 3.05) is 0 Å². The van der Waals surface area contributed by atoms with Crippen molar-refractivity contribution in [2.24, 2.45) is 0 Å². The predicted octanol–water partition coefficient (Wildman–Crippen LogP) is 2.04. The molecule has 0 atom stereocenters. The third-order valence-electron chi connectivity index (χ3n) is 3.57. The lowest BCUT2D eigenvalue weighted by Crippen LogP contribution is -2.27. The number of aryl methyl sites for hydroxylation is 2. The quantitative estimate of drug-likeness (QED) is 0.933. The Bertz CT molecular complexity index is 748. The van der Waals surface area contributed by atoms with Crippen LogP contribution in [0.3, 0.4) is 0 Å². The maximum Gasteiger partial charge on any atom is 0.352 e. The van der Waals surface area contributed by atoms with Gasteiger partial charge in [0.2, 0.25) is 0 Å². The van der Waals surface area contributed by atoms with Gasteiger partial charge in [-0.1, -0.05) is 19.1 Å². The van der Waals surface area contributed by atoms with E-state index in [0.29, 0.717) is 17.0 Å². The molecule has 110 valence electrons. The van der Waals surface area contributed by atoms with Crippen LogP contribution in [0.25, 0.3) is 5.69 Å². The van der Waals surface area contributed by atoms with Gasteiger partial charge in [0.1, 0.15) is 0 Å². The largest absolute Gasteiger partial charge is 0.481 e. The first kappa shape index (κ1) is 15.0. The van der Waals surface area contributed by atoms with Crippen LogP contribution in [-0.2, 0) is 17.6 Å². The molecule has 2 rings (SSSR count). The highest BCUT2D eigenvalue weighted by molar-refractivity contribution is 5.71. The minimum Gasteiger partial charge on any atom is -0.481 e. The molecule has 0 aliphatic heterocycles. The third-order valence-corrected chi connectivity index (χ3v) is 3.57. The van der Waals surface area contributed by atoms with Crippen LogP contribution >= 0.6 is 0 Å². The van der Waals surface area contributed by atoms with E-state index in [1.165, 1.54) is 4.57 Å². The van der Waals surface area contributed by atoms with Crippen molar-refractivity contribution in [2.45, 2.75) is 33.6 Å². The summed E-state index contributed by atoms with van der Waals surface area (Å²) in [6, 6.07) is 7.63. The standard InChI is InChI=1S/C16H18N2O3/c1-4-12-6-5-7-13(8-12)18-11(3)14(9-15(19)20)10(2)17-16(18)21/h5-8H,4,9H2,1-3H3,(H,19,20). The Hall–Kier alpha value is -2.43. The molecule has 0 aliphatic carbocycles. The van der Waals surface area contributed by atoms with Crippen molar-refractivity contribution in [3.05, 3.63) is 57.3 Å². The maximum atomic E-state index is 12.2. The maximum absolute atomic E-state index is 12.2. The molecule has 0 unspecified atom stereocenters. The number of aliphatic carboxylic acids is 1. The Balaban J connectivity index is 2.68. The van der Waals surface area contributed by atoms with Crippen LogP contribution in [0, 0.1) is 13.8 Å². The van der Waals surface area contributed by atoms with Crippen molar-refractivity contribution in [3.63, 3.8) is 0 Å². The molecule has 21 heavy (non-hydrogen) atoms. The molecule has 0 saturated carbocycles. The van der Waals surface area contributed by atoms with Crippen molar-refractivity contribution in [1.82, 2.24) is 9.55 Å². The number of carboxylic acids is 1. The molecule has 0 aliphatic rings. The summed E-state index contributed by atoms with van der Waals surface area (Å²) in [6.07, 6.45) is 0.724. The fourth-order valence-corrected chi connectivity index (χ4v) is 2.43. The summed E-state index contributed by atoms with van der Waals surface area (Å²) in [4.78, 5) is 27.2. The molecule has 1 aromatic heterocycles. The summed E-state index contributed by atoms with van der Waals surface area (Å²) < 4.78 is 1.48. The third kappa shape index (κ3) is 3.02. The lowest BCUT2D eigenvalue weighted by Gasteiger charge is -2.15. The summed E-state index contributed by atoms with van der Waals surface area (Å²) in [5.41, 5.74) is 3.14. The molecule has 0 bridgehead atoms. The van der Waals surface area contributed by atoms with E-state index in [1.54, 1.807) is 13.8 Å². The Labute approximate surface area is 122 Å². The van der Waals surface area contributed by atoms with Crippen molar-refractivity contribution < 1.29 is 9.90 Å². The smallest absolute Gasteiger partial charge is 0.352 e. The molecule has 1 aromatic carbocycles. The van der Waals surface area contributed by atoms with Gasteiger partial charge in [-0.05, 0) is 38.0 Å². The van der Waals surface area contributed by atoms with Crippen LogP contribution < -0.4 is 5.69 Å². The second kappa shape index (κ2) is 5.91. The van der Waals surface area contributed by atoms with Gasteiger partial charge in [-0.15, -0.1) is 0 Å². The molecule has 0 radical (unpaired) electrons. The number of aromatic nitrogens is 2. The number of nitrogens with zero attached hydrogens (tertiary/aromatic N) is 2. The van der Waals surface area contributed by atoms with E-state index in [1.807, 2.05) is 31.2 Å². The van der Waals surface area contributed by atoms with Gasteiger partial charge in [0.25, 0.3) is 0 Å². The second-order valence-electron chi connectivity index (χ2n) is 4.97. The van der Waals surface area contributed by atoms with Crippen molar-refractivity contribution in [3.8, 4) is 5.69 Å². The van der Waals surface area contributed by atoms with Crippen LogP contribution in [0.1, 0.15) is 29.4 Å². The van der Waals surface area contributed by atoms with Crippen molar-refractivity contribution in [1.29, 1.82) is 0 Å². The van der Waals surface area contributed by atoms with Crippen LogP contribution in [0.15, 0.2) is 29.1 Å². The highest BCUT2D eigenvalue weighted by Crippen LogP contribution is 2.16. The fraction of sp³-hybridized carbons (Fsp3) is 0.312. The topological polar surface area (TPSA) is 72.2 Å². The van der Waals surface area contributed by atoms with E-state index >= 15 is 0 Å². The molecular weight excluding hydrogens is 268 g/mol. The van der Waals surface area contributed by atoms with Gasteiger partial charge >= 0.3 is 11.7 Å². The molecule has 5 heteroatoms. The van der Waals surface area contributed by atoms with Gasteiger partial charge in [0.05, 0.1) is 12.1 Å². The minimum absolute atomic E-state index is 0.140. The number of hydrogen-bond acceptors (Lipinski definition) is 3. The second-order valence-corrected chi connectivity index (χ2v) is 4.97. The van der Waals surface area contributed by atoms with Gasteiger partial charge in [-0.3, -0.25) is 9.36 Å². The average molecular weight is 286 g/mol. The van der Waals surface area contributed by atoms with Gasteiger partial charge in [0, 0.05) is 17.0 Å². The highest BCUT2D eigenvalue weighted by atomic mass is 16.4. The van der Waals surface area contributed by atoms with E-state index in [9.17, 15) is 9.59 Å². The zero-order valence-corrected chi connectivity index (χ0v) is 12.4. The first-order chi connectivity index (χ1) is 9.93. The molecule has 0 spiro atoms. The first-order valence-electron chi connectivity index (χ1n) is 6.84. The molecule has 1 N–H and O–H groups in total. The molecule has 1 heterocycles. The van der Waals surface area contributed by atoms with Crippen LogP contribution in [0.2, 0.25) is 0 Å². The molecule has 0 amide bonds. The lowest BCUT2D eigenvalue weighted by molar-refractivity contribution is -0.136. The highest BCUT2D eigenvalue weighted by Gasteiger charge is 2.15. The number of benzene rings is 1. The summed E-state index contributed by atoms with van der Waals surface area (Å²) in [6.45, 7) is 5.46. The zero-order valence-electron chi connectivity index (χ0n) is 12.4. The SMILES string of the molecule is CCc1cccc(-n2c(C)c(CC(=O)O)c(C)nc2=O)c1. The number of rotatable bonds is 4. The summed E-state index contributed by atoms with van der Waals surface area (Å²) in [7, 11) is 0. The fourth-order valence-electron chi connectivity index (χ4n) is 2.43. The summed E-state index contributed by atoms with van der Waals surface area (Å²) in [5.74, 6) is -0.935. The van der Waals surface area contributed by atoms with E-state index in [2.05, 4.69) is 4.98 Å². The van der Waals surface area contributed by atoms with Gasteiger partial charge < -0.3 is 5.11 Å². The Morgan fingerprint density at radius 1 is 1.33 bits per heavy atom. The van der Waals surface area contributed by atoms with Crippen LogP contribution in [0.4, 0.5) is 0 Å². The van der Waals surface area contributed by atoms with E-state index in [-0.39, 0.29) is 12.1 Å². The number of hydrogen-bond donors (Lipinski definition) is 1. The molecule has 2 aromatic rings. The predicted molar refractivity (Wildman–Crippen MR) is 80.0 cm³/mol. The van der Waals surface area contributed by atoms with Gasteiger partial charge in [0.15, 0.2) is 0 Å². The number of carbonyl (C=O) groups is 1. The summed E-state index contributed by atoms with van der Waals surface area (Å²) >= 11 is 0. The van der Waals surface area contributed by atoms with Crippen LogP contribution in [0.5, 0.6) is 0 Å². The van der Waals surface area contributed by atoms with Gasteiger partial charge in [-0.25, -0.2) is 4.79 Å². The average Bonchev–Trinajstić information content (AvgIpc) is 2.43. The van der Waals surface area contributed by atoms with Crippen molar-refractivity contribution >= 4 is 5.97 Å². The first-order valence-corrected chi connectivity index (χ1v) is 6.84. The zero-order chi connectivity index (χ0) is 15.6.